The summed E-state index contributed by atoms with van der Waals surface area (Å²) in [6.07, 6.45) is 4.40. The molecule has 1 atom stereocenters. The first-order valence-electron chi connectivity index (χ1n) is 7.40. The lowest BCUT2D eigenvalue weighted by Crippen LogP contribution is -2.38. The number of pyridine rings is 2. The van der Waals surface area contributed by atoms with Crippen LogP contribution in [0.5, 0.6) is 0 Å². The maximum Gasteiger partial charge on any atom is 0.394 e. The third-order valence-electron chi connectivity index (χ3n) is 3.78. The zero-order chi connectivity index (χ0) is 18.0. The van der Waals surface area contributed by atoms with Crippen molar-refractivity contribution in [2.75, 3.05) is 0 Å². The first-order chi connectivity index (χ1) is 12.0. The Labute approximate surface area is 141 Å². The standard InChI is InChI=1S/C16H14FN5O3/c1-10(14-12(17)3-2-6-18-14)21(15(23)16(24)25)7-11-4-5-13-19-9-20-22(13)8-11/h2-6,8-10H,7H2,1H3,(H,24,25). The van der Waals surface area contributed by atoms with Gasteiger partial charge >= 0.3 is 11.9 Å². The third-order valence-corrected chi connectivity index (χ3v) is 3.78. The van der Waals surface area contributed by atoms with Crippen molar-refractivity contribution in [2.24, 2.45) is 0 Å². The van der Waals surface area contributed by atoms with Gasteiger partial charge in [-0.3, -0.25) is 9.78 Å². The molecule has 9 heteroatoms. The van der Waals surface area contributed by atoms with Gasteiger partial charge in [-0.05, 0) is 30.7 Å². The number of carbonyl (C=O) groups is 2. The molecule has 0 saturated carbocycles. The van der Waals surface area contributed by atoms with E-state index < -0.39 is 23.7 Å². The van der Waals surface area contributed by atoms with E-state index in [0.29, 0.717) is 11.2 Å². The van der Waals surface area contributed by atoms with Crippen molar-refractivity contribution in [1.82, 2.24) is 24.5 Å². The van der Waals surface area contributed by atoms with E-state index in [-0.39, 0.29) is 12.2 Å². The van der Waals surface area contributed by atoms with Crippen LogP contribution < -0.4 is 0 Å². The predicted molar refractivity (Wildman–Crippen MR) is 83.8 cm³/mol. The second-order valence-electron chi connectivity index (χ2n) is 5.38. The van der Waals surface area contributed by atoms with Crippen LogP contribution in [0.4, 0.5) is 4.39 Å². The van der Waals surface area contributed by atoms with Crippen LogP contribution in [0.25, 0.3) is 5.65 Å². The highest BCUT2D eigenvalue weighted by Gasteiger charge is 2.29. The van der Waals surface area contributed by atoms with Gasteiger partial charge in [0.05, 0.1) is 11.7 Å². The van der Waals surface area contributed by atoms with Gasteiger partial charge in [-0.25, -0.2) is 18.7 Å². The Morgan fingerprint density at radius 3 is 2.84 bits per heavy atom. The van der Waals surface area contributed by atoms with Gasteiger partial charge < -0.3 is 10.0 Å². The zero-order valence-corrected chi connectivity index (χ0v) is 13.2. The molecule has 1 N–H and O–H groups in total. The molecule has 0 aliphatic heterocycles. The molecule has 0 radical (unpaired) electrons. The van der Waals surface area contributed by atoms with Gasteiger partial charge in [0.1, 0.15) is 12.1 Å². The number of carboxylic acids is 1. The number of aliphatic carboxylic acids is 1. The van der Waals surface area contributed by atoms with Gasteiger partial charge in [0.15, 0.2) is 5.65 Å². The first kappa shape index (κ1) is 16.5. The topological polar surface area (TPSA) is 101 Å². The second-order valence-corrected chi connectivity index (χ2v) is 5.38. The van der Waals surface area contributed by atoms with E-state index in [1.54, 1.807) is 18.3 Å². The summed E-state index contributed by atoms with van der Waals surface area (Å²) in [4.78, 5) is 32.3. The minimum atomic E-state index is -1.62. The highest BCUT2D eigenvalue weighted by atomic mass is 19.1. The molecule has 0 aliphatic rings. The van der Waals surface area contributed by atoms with E-state index in [2.05, 4.69) is 15.1 Å². The normalized spacial score (nSPS) is 12.1. The lowest BCUT2D eigenvalue weighted by Gasteiger charge is -2.27. The second kappa shape index (κ2) is 6.63. The van der Waals surface area contributed by atoms with Crippen molar-refractivity contribution in [3.8, 4) is 0 Å². The van der Waals surface area contributed by atoms with Crippen molar-refractivity contribution >= 4 is 17.5 Å². The summed E-state index contributed by atoms with van der Waals surface area (Å²) in [7, 11) is 0. The van der Waals surface area contributed by atoms with Crippen LogP contribution in [-0.4, -0.2) is 41.5 Å². The average molecular weight is 343 g/mol. The van der Waals surface area contributed by atoms with Gasteiger partial charge in [0.2, 0.25) is 0 Å². The maximum absolute atomic E-state index is 14.0. The Morgan fingerprint density at radius 1 is 1.32 bits per heavy atom. The van der Waals surface area contributed by atoms with Gasteiger partial charge in [-0.1, -0.05) is 6.07 Å². The van der Waals surface area contributed by atoms with Gasteiger partial charge in [-0.15, -0.1) is 0 Å². The van der Waals surface area contributed by atoms with Crippen LogP contribution in [0.15, 0.2) is 43.0 Å². The molecule has 0 saturated heterocycles. The largest absolute Gasteiger partial charge is 0.474 e. The number of halogens is 1. The highest BCUT2D eigenvalue weighted by Crippen LogP contribution is 2.23. The lowest BCUT2D eigenvalue weighted by atomic mass is 10.1. The van der Waals surface area contributed by atoms with E-state index in [1.807, 2.05) is 0 Å². The van der Waals surface area contributed by atoms with Crippen molar-refractivity contribution in [1.29, 1.82) is 0 Å². The minimum Gasteiger partial charge on any atom is -0.474 e. The molecule has 1 amide bonds. The molecule has 3 heterocycles. The average Bonchev–Trinajstić information content (AvgIpc) is 3.06. The number of hydrogen-bond acceptors (Lipinski definition) is 5. The molecule has 3 aromatic rings. The fourth-order valence-electron chi connectivity index (χ4n) is 2.51. The summed E-state index contributed by atoms with van der Waals surface area (Å²) >= 11 is 0. The van der Waals surface area contributed by atoms with Crippen LogP contribution in [0.1, 0.15) is 24.2 Å². The Balaban J connectivity index is 1.95. The van der Waals surface area contributed by atoms with Crippen LogP contribution in [0, 0.1) is 5.82 Å². The van der Waals surface area contributed by atoms with Crippen LogP contribution in [0.3, 0.4) is 0 Å². The number of rotatable bonds is 4. The number of hydrogen-bond donors (Lipinski definition) is 1. The van der Waals surface area contributed by atoms with Gasteiger partial charge in [0, 0.05) is 18.9 Å². The number of nitrogens with zero attached hydrogens (tertiary/aromatic N) is 5. The van der Waals surface area contributed by atoms with E-state index in [0.717, 1.165) is 4.90 Å². The summed E-state index contributed by atoms with van der Waals surface area (Å²) < 4.78 is 15.5. The van der Waals surface area contributed by atoms with E-state index >= 15 is 0 Å². The number of carbonyl (C=O) groups excluding carboxylic acids is 1. The van der Waals surface area contributed by atoms with E-state index in [4.69, 9.17) is 5.11 Å². The molecule has 8 nitrogen and oxygen atoms in total. The van der Waals surface area contributed by atoms with Crippen molar-refractivity contribution < 1.29 is 19.1 Å². The summed E-state index contributed by atoms with van der Waals surface area (Å²) in [6, 6.07) is 5.17. The SMILES string of the molecule is CC(c1ncccc1F)N(Cc1ccc2ncnn2c1)C(=O)C(=O)O. The molecule has 0 bridgehead atoms. The third kappa shape index (κ3) is 3.30. The fourth-order valence-corrected chi connectivity index (χ4v) is 2.51. The molecule has 3 aromatic heterocycles. The Morgan fingerprint density at radius 2 is 2.12 bits per heavy atom. The summed E-state index contributed by atoms with van der Waals surface area (Å²) in [5, 5.41) is 13.1. The fraction of sp³-hybridized carbons (Fsp3) is 0.188. The van der Waals surface area contributed by atoms with Crippen LogP contribution in [0.2, 0.25) is 0 Å². The van der Waals surface area contributed by atoms with E-state index in [1.165, 1.54) is 36.1 Å². The molecular formula is C16H14FN5O3. The zero-order valence-electron chi connectivity index (χ0n) is 13.2. The minimum absolute atomic E-state index is 0.000987. The summed E-state index contributed by atoms with van der Waals surface area (Å²) in [6.45, 7) is 1.48. The Hall–Kier alpha value is -3.36. The number of fused-ring (bicyclic) bond motifs is 1. The van der Waals surface area contributed by atoms with Crippen molar-refractivity contribution in [3.05, 3.63) is 60.1 Å². The monoisotopic (exact) mass is 343 g/mol. The number of amides is 1. The van der Waals surface area contributed by atoms with Crippen LogP contribution in [-0.2, 0) is 16.1 Å². The van der Waals surface area contributed by atoms with Gasteiger partial charge in [0.25, 0.3) is 0 Å². The number of carboxylic acid groups (broad SMARTS) is 1. The summed E-state index contributed by atoms with van der Waals surface area (Å²) in [5.41, 5.74) is 1.23. The molecule has 25 heavy (non-hydrogen) atoms. The molecule has 0 aromatic carbocycles. The lowest BCUT2D eigenvalue weighted by molar-refractivity contribution is -0.157. The molecule has 0 spiro atoms. The van der Waals surface area contributed by atoms with E-state index in [9.17, 15) is 14.0 Å². The predicted octanol–water partition coefficient (Wildman–Crippen LogP) is 1.44. The van der Waals surface area contributed by atoms with Crippen molar-refractivity contribution in [3.63, 3.8) is 0 Å². The quantitative estimate of drug-likeness (QED) is 0.720. The molecule has 0 aliphatic carbocycles. The molecule has 128 valence electrons. The van der Waals surface area contributed by atoms with Crippen LogP contribution >= 0.6 is 0 Å². The summed E-state index contributed by atoms with van der Waals surface area (Å²) in [5.74, 6) is -3.37. The number of aromatic nitrogens is 4. The molecular weight excluding hydrogens is 329 g/mol. The Bertz CT molecular complexity index is 942. The van der Waals surface area contributed by atoms with Gasteiger partial charge in [-0.2, -0.15) is 5.10 Å². The molecule has 3 rings (SSSR count). The molecule has 0 fully saturated rings. The highest BCUT2D eigenvalue weighted by molar-refractivity contribution is 6.31. The smallest absolute Gasteiger partial charge is 0.394 e. The molecule has 1 unspecified atom stereocenters. The Kier molecular flexibility index (Phi) is 4.38. The maximum atomic E-state index is 14.0. The first-order valence-corrected chi connectivity index (χ1v) is 7.40. The van der Waals surface area contributed by atoms with Crippen molar-refractivity contribution in [2.45, 2.75) is 19.5 Å².